The number of imidazole rings is 1. The van der Waals surface area contributed by atoms with Crippen molar-refractivity contribution in [1.29, 1.82) is 0 Å². The third kappa shape index (κ3) is 7.60. The largest absolute Gasteiger partial charge is 0.481 e. The zero-order valence-electron chi connectivity index (χ0n) is 40.9. The molecule has 4 saturated carbocycles. The molecule has 0 aromatic carbocycles. The molecule has 20 atom stereocenters. The third-order valence-electron chi connectivity index (χ3n) is 21.1. The molecule has 384 valence electrons. The first-order valence-corrected chi connectivity index (χ1v) is 25.5. The Balaban J connectivity index is 1.30. The van der Waals surface area contributed by atoms with Gasteiger partial charge in [-0.1, -0.05) is 46.3 Å². The summed E-state index contributed by atoms with van der Waals surface area (Å²) < 4.78 is 12.5. The summed E-state index contributed by atoms with van der Waals surface area (Å²) in [6, 6.07) is -0.569. The minimum Gasteiger partial charge on any atom is -0.481 e. The van der Waals surface area contributed by atoms with Crippen molar-refractivity contribution in [3.8, 4) is 0 Å². The van der Waals surface area contributed by atoms with Gasteiger partial charge >= 0.3 is 5.97 Å². The van der Waals surface area contributed by atoms with Gasteiger partial charge in [0.15, 0.2) is 6.29 Å². The first-order chi connectivity index (χ1) is 32.2. The Morgan fingerprint density at radius 1 is 0.926 bits per heavy atom. The maximum absolute atomic E-state index is 14.7. The molecule has 0 radical (unpaired) electrons. The Kier molecular flexibility index (Phi) is 14.3. The number of allylic oxidation sites excluding steroid dienone is 2. The monoisotopic (exact) mass is 959 g/mol. The molecule has 1 aromatic heterocycles. The van der Waals surface area contributed by atoms with Crippen LogP contribution in [-0.2, 0) is 19.1 Å². The molecule has 13 N–H and O–H groups in total. The summed E-state index contributed by atoms with van der Waals surface area (Å²) in [5, 5.41) is 105. The third-order valence-corrected chi connectivity index (χ3v) is 21.1. The predicted molar refractivity (Wildman–Crippen MR) is 248 cm³/mol. The lowest BCUT2D eigenvalue weighted by atomic mass is 9.31. The maximum atomic E-state index is 14.7. The molecule has 3 heterocycles. The standard InChI is InChI=1S/C51H82N4O13/c1-45(24-57)14-16-50(44(65)66)17-15-47(3)29(32(50)21-45)9-10-36-48(47,4)13-11-35-46(2,25-58)41(68-42-40(63)39(62)34(60)23-67-42)38(61)31(49(35,36)5)20-30-37(28(8-6-18-52)33-22-53-27-54-33)55-43(64)51(30,26-59)12-7-19-56/h9,22,27-28,30-32,34-42,56-63H,6-8,10-21,23-26,52H2,1-5H3,(H,53,54)(H,55,64)(H,65,66)/t28-,30+,31+,32+,34-,35-,36+,37+,38-,39+,40-,41-,42+,45+,46+,47-,48-,49+,50+,51-/m1/s1. The van der Waals surface area contributed by atoms with Crippen LogP contribution in [0.1, 0.15) is 130 Å². The van der Waals surface area contributed by atoms with Crippen molar-refractivity contribution in [3.63, 3.8) is 0 Å². The average molecular weight is 959 g/mol. The van der Waals surface area contributed by atoms with Gasteiger partial charge in [-0.3, -0.25) is 9.59 Å². The number of carboxylic acids is 1. The number of aliphatic hydroxyl groups is 8. The number of carbonyl (C=O) groups is 2. The number of nitrogens with one attached hydrogen (secondary N) is 2. The Morgan fingerprint density at radius 3 is 2.29 bits per heavy atom. The van der Waals surface area contributed by atoms with Crippen LogP contribution in [0.5, 0.6) is 0 Å². The number of hydrogen-bond donors (Lipinski definition) is 12. The van der Waals surface area contributed by atoms with Crippen LogP contribution in [0.3, 0.4) is 0 Å². The van der Waals surface area contributed by atoms with Gasteiger partial charge in [0.25, 0.3) is 0 Å². The van der Waals surface area contributed by atoms with Crippen LogP contribution in [0.2, 0.25) is 0 Å². The van der Waals surface area contributed by atoms with Crippen LogP contribution in [0.15, 0.2) is 24.2 Å². The Hall–Kier alpha value is -2.55. The van der Waals surface area contributed by atoms with Gasteiger partial charge in [-0.15, -0.1) is 0 Å². The van der Waals surface area contributed by atoms with Gasteiger partial charge < -0.3 is 71.5 Å². The first kappa shape index (κ1) is 51.8. The minimum absolute atomic E-state index is 0.0333. The minimum atomic E-state index is -1.67. The summed E-state index contributed by atoms with van der Waals surface area (Å²) in [6.45, 7) is 9.70. The summed E-state index contributed by atoms with van der Waals surface area (Å²) in [5.41, 5.74) is 2.38. The van der Waals surface area contributed by atoms with Crippen LogP contribution in [-0.4, -0.2) is 150 Å². The van der Waals surface area contributed by atoms with E-state index in [2.05, 4.69) is 49.1 Å². The summed E-state index contributed by atoms with van der Waals surface area (Å²) in [6.07, 6.45) is 3.42. The molecule has 0 unspecified atom stereocenters. The fourth-order valence-corrected chi connectivity index (χ4v) is 16.8. The number of carboxylic acid groups (broad SMARTS) is 1. The molecule has 0 bridgehead atoms. The molecule has 2 saturated heterocycles. The topological polar surface area (TPSA) is 301 Å². The number of aromatic nitrogens is 2. The molecular weight excluding hydrogens is 877 g/mol. The van der Waals surface area contributed by atoms with Gasteiger partial charge in [0, 0.05) is 42.5 Å². The van der Waals surface area contributed by atoms with Crippen LogP contribution in [0, 0.1) is 67.5 Å². The van der Waals surface area contributed by atoms with Crippen molar-refractivity contribution in [1.82, 2.24) is 15.3 Å². The number of amides is 1. The molecule has 1 aromatic rings. The Labute approximate surface area is 400 Å². The highest BCUT2D eigenvalue weighted by atomic mass is 16.7. The van der Waals surface area contributed by atoms with Gasteiger partial charge in [0.05, 0.1) is 49.2 Å². The highest BCUT2D eigenvalue weighted by molar-refractivity contribution is 5.86. The zero-order chi connectivity index (χ0) is 49.4. The predicted octanol–water partition coefficient (Wildman–Crippen LogP) is 2.34. The van der Waals surface area contributed by atoms with E-state index in [-0.39, 0.29) is 68.7 Å². The first-order valence-electron chi connectivity index (χ1n) is 25.5. The van der Waals surface area contributed by atoms with E-state index in [1.54, 1.807) is 12.5 Å². The number of rotatable bonds is 16. The van der Waals surface area contributed by atoms with Gasteiger partial charge in [-0.05, 0) is 141 Å². The lowest BCUT2D eigenvalue weighted by molar-refractivity contribution is -0.340. The van der Waals surface area contributed by atoms with Crippen molar-refractivity contribution in [2.24, 2.45) is 73.2 Å². The van der Waals surface area contributed by atoms with Crippen LogP contribution < -0.4 is 11.1 Å². The molecule has 8 rings (SSSR count). The highest BCUT2D eigenvalue weighted by Gasteiger charge is 2.74. The summed E-state index contributed by atoms with van der Waals surface area (Å²) in [7, 11) is 0. The number of nitrogens with zero attached hydrogens (tertiary/aromatic N) is 1. The number of aliphatic hydroxyl groups excluding tert-OH is 8. The number of ether oxygens (including phenoxy) is 2. The number of fused-ring (bicyclic) bond motifs is 7. The van der Waals surface area contributed by atoms with E-state index < -0.39 is 112 Å². The molecule has 6 fully saturated rings. The van der Waals surface area contributed by atoms with Gasteiger partial charge in [-0.2, -0.15) is 0 Å². The highest BCUT2D eigenvalue weighted by Crippen LogP contribution is 2.77. The molecule has 0 spiro atoms. The summed E-state index contributed by atoms with van der Waals surface area (Å²) in [4.78, 5) is 35.8. The molecular formula is C51H82N4O13. The smallest absolute Gasteiger partial charge is 0.310 e. The SMILES string of the molecule is C[C@]1(CO)CC[C@]2(C(=O)O)CC[C@]3(C)C(=CC[C@@H]4[C@]5(C)[C@H](CC[C@]43C)[C@](C)(CO)[C@H](O[C@@H]3OC[C@@H](O)[C@H](O)[C@H]3O)[C@H](O)[C@@H]5C[C@H]3[C@H]([C@H](CCCN)c4cnc[nH]4)NC(=O)[C@@]3(CO)CCCO)[C@@H]2C1. The normalized spacial score (nSPS) is 48.3. The van der Waals surface area contributed by atoms with Crippen LogP contribution >= 0.6 is 0 Å². The number of carbonyl (C=O) groups excluding carboxylic acids is 1. The van der Waals surface area contributed by atoms with E-state index in [0.717, 1.165) is 11.3 Å². The van der Waals surface area contributed by atoms with Crippen molar-refractivity contribution < 1.29 is 65.0 Å². The number of nitrogens with two attached hydrogens (primary N) is 1. The number of aliphatic carboxylic acids is 1. The zero-order valence-corrected chi connectivity index (χ0v) is 40.9. The maximum Gasteiger partial charge on any atom is 0.310 e. The second kappa shape index (κ2) is 18.8. The summed E-state index contributed by atoms with van der Waals surface area (Å²) in [5.74, 6) is -3.54. The molecule has 17 nitrogen and oxygen atoms in total. The van der Waals surface area contributed by atoms with Crippen molar-refractivity contribution in [2.45, 2.75) is 167 Å². The lowest BCUT2D eigenvalue weighted by Gasteiger charge is -2.73. The Bertz CT molecular complexity index is 2010. The van der Waals surface area contributed by atoms with Crippen LogP contribution in [0.4, 0.5) is 0 Å². The quantitative estimate of drug-likeness (QED) is 0.0837. The van der Waals surface area contributed by atoms with Gasteiger partial charge in [-0.25, -0.2) is 4.98 Å². The van der Waals surface area contributed by atoms with Crippen molar-refractivity contribution >= 4 is 11.9 Å². The number of H-pyrrole nitrogens is 1. The fraction of sp³-hybridized carbons (Fsp3) is 0.863. The van der Waals surface area contributed by atoms with E-state index >= 15 is 0 Å². The van der Waals surface area contributed by atoms with Crippen molar-refractivity contribution in [2.75, 3.05) is 39.6 Å². The molecule has 2 aliphatic heterocycles. The molecule has 68 heavy (non-hydrogen) atoms. The van der Waals surface area contributed by atoms with Gasteiger partial charge in [0.1, 0.15) is 18.3 Å². The number of aromatic amines is 1. The number of hydrogen-bond acceptors (Lipinski definition) is 14. The van der Waals surface area contributed by atoms with Crippen LogP contribution in [0.25, 0.3) is 0 Å². The average Bonchev–Trinajstić information content (AvgIpc) is 3.95. The van der Waals surface area contributed by atoms with Crippen molar-refractivity contribution in [3.05, 3.63) is 29.9 Å². The molecule has 17 heteroatoms. The van der Waals surface area contributed by atoms with E-state index in [9.17, 15) is 55.5 Å². The summed E-state index contributed by atoms with van der Waals surface area (Å²) >= 11 is 0. The molecule has 5 aliphatic carbocycles. The van der Waals surface area contributed by atoms with E-state index in [1.165, 1.54) is 0 Å². The van der Waals surface area contributed by atoms with E-state index in [4.69, 9.17) is 15.2 Å². The molecule has 7 aliphatic rings. The Morgan fingerprint density at radius 2 is 1.66 bits per heavy atom. The van der Waals surface area contributed by atoms with Gasteiger partial charge in [0.2, 0.25) is 5.91 Å². The fourth-order valence-electron chi connectivity index (χ4n) is 16.8. The van der Waals surface area contributed by atoms with E-state index in [0.29, 0.717) is 70.8 Å². The lowest BCUT2D eigenvalue weighted by Crippen LogP contribution is -2.72. The second-order valence-corrected chi connectivity index (χ2v) is 23.9. The second-order valence-electron chi connectivity index (χ2n) is 23.9. The van der Waals surface area contributed by atoms with E-state index in [1.807, 2.05) is 6.92 Å². The molecule has 1 amide bonds.